The smallest absolute Gasteiger partial charge is 0.322 e. The van der Waals surface area contributed by atoms with Crippen LogP contribution in [-0.4, -0.2) is 57.5 Å². The zero-order valence-corrected chi connectivity index (χ0v) is 17.5. The van der Waals surface area contributed by atoms with Gasteiger partial charge in [-0.1, -0.05) is 12.1 Å². The highest BCUT2D eigenvalue weighted by Gasteiger charge is 2.48. The van der Waals surface area contributed by atoms with Gasteiger partial charge in [-0.25, -0.2) is 4.79 Å². The first-order chi connectivity index (χ1) is 14.9. The molecule has 0 saturated carbocycles. The lowest BCUT2D eigenvalue weighted by Crippen LogP contribution is -2.53. The Morgan fingerprint density at radius 3 is 2.65 bits per heavy atom. The number of anilines is 3. The van der Waals surface area contributed by atoms with Gasteiger partial charge in [0.1, 0.15) is 17.1 Å². The van der Waals surface area contributed by atoms with Crippen LogP contribution in [0.25, 0.3) is 0 Å². The summed E-state index contributed by atoms with van der Waals surface area (Å²) < 4.78 is 5.35. The lowest BCUT2D eigenvalue weighted by Gasteiger charge is -2.38. The summed E-state index contributed by atoms with van der Waals surface area (Å²) in [6.45, 7) is 3.81. The second-order valence-corrected chi connectivity index (χ2v) is 7.92. The van der Waals surface area contributed by atoms with Gasteiger partial charge in [0.15, 0.2) is 0 Å². The standard InChI is InChI=1S/C20H26N8O3/c1-20(16(29)25-19(30)27-20)12-7-9-28(10-8-12)11-15-23-17(21)26-18(24-15)22-13-5-3-4-6-14(13)31-2/h3-6,12H,7-11H2,1-2H3,(H2,25,27,29,30)(H3,21,22,23,24,26)/t20-/m0/s1. The fourth-order valence-electron chi connectivity index (χ4n) is 4.15. The molecule has 0 radical (unpaired) electrons. The Bertz CT molecular complexity index is 992. The summed E-state index contributed by atoms with van der Waals surface area (Å²) in [6.07, 6.45) is 1.55. The van der Waals surface area contributed by atoms with Crippen LogP contribution in [0.3, 0.4) is 0 Å². The van der Waals surface area contributed by atoms with Crippen LogP contribution in [-0.2, 0) is 11.3 Å². The zero-order chi connectivity index (χ0) is 22.0. The molecule has 2 aliphatic rings. The van der Waals surface area contributed by atoms with E-state index in [0.29, 0.717) is 24.1 Å². The molecule has 3 heterocycles. The average molecular weight is 426 g/mol. The predicted molar refractivity (Wildman–Crippen MR) is 114 cm³/mol. The molecule has 3 amide bonds. The van der Waals surface area contributed by atoms with E-state index in [0.717, 1.165) is 31.6 Å². The highest BCUT2D eigenvalue weighted by Crippen LogP contribution is 2.31. The molecule has 2 saturated heterocycles. The maximum absolute atomic E-state index is 12.2. The van der Waals surface area contributed by atoms with E-state index in [1.165, 1.54) is 0 Å². The minimum absolute atomic E-state index is 0.0707. The number of imide groups is 1. The zero-order valence-electron chi connectivity index (χ0n) is 17.5. The molecule has 2 aliphatic heterocycles. The van der Waals surface area contributed by atoms with Gasteiger partial charge >= 0.3 is 6.03 Å². The van der Waals surface area contributed by atoms with Gasteiger partial charge in [-0.15, -0.1) is 0 Å². The highest BCUT2D eigenvalue weighted by molar-refractivity contribution is 6.06. The third-order valence-corrected chi connectivity index (χ3v) is 5.89. The topological polar surface area (TPSA) is 147 Å². The monoisotopic (exact) mass is 426 g/mol. The third kappa shape index (κ3) is 4.36. The van der Waals surface area contributed by atoms with Crippen molar-refractivity contribution in [3.63, 3.8) is 0 Å². The molecule has 1 aromatic heterocycles. The summed E-state index contributed by atoms with van der Waals surface area (Å²) in [5.74, 6) is 1.52. The van der Waals surface area contributed by atoms with E-state index in [-0.39, 0.29) is 17.8 Å². The van der Waals surface area contributed by atoms with Crippen LogP contribution < -0.4 is 26.4 Å². The molecule has 1 aromatic carbocycles. The average Bonchev–Trinajstić information content (AvgIpc) is 3.01. The number of methoxy groups -OCH3 is 1. The van der Waals surface area contributed by atoms with E-state index in [4.69, 9.17) is 10.5 Å². The number of nitrogens with two attached hydrogens (primary N) is 1. The van der Waals surface area contributed by atoms with Crippen molar-refractivity contribution in [1.29, 1.82) is 0 Å². The largest absolute Gasteiger partial charge is 0.495 e. The van der Waals surface area contributed by atoms with Gasteiger partial charge in [0.2, 0.25) is 11.9 Å². The van der Waals surface area contributed by atoms with Crippen LogP contribution in [0.5, 0.6) is 5.75 Å². The Labute approximate surface area is 179 Å². The Morgan fingerprint density at radius 2 is 1.97 bits per heavy atom. The number of benzene rings is 1. The van der Waals surface area contributed by atoms with Crippen molar-refractivity contribution in [1.82, 2.24) is 30.5 Å². The van der Waals surface area contributed by atoms with Gasteiger partial charge < -0.3 is 21.1 Å². The minimum Gasteiger partial charge on any atom is -0.495 e. The number of hydrogen-bond acceptors (Lipinski definition) is 9. The van der Waals surface area contributed by atoms with Gasteiger partial charge in [-0.2, -0.15) is 15.0 Å². The number of nitrogens with zero attached hydrogens (tertiary/aromatic N) is 4. The summed E-state index contributed by atoms with van der Waals surface area (Å²) >= 11 is 0. The molecule has 0 unspecified atom stereocenters. The predicted octanol–water partition coefficient (Wildman–Crippen LogP) is 1.02. The summed E-state index contributed by atoms with van der Waals surface area (Å²) in [5.41, 5.74) is 5.78. The first kappa shape index (κ1) is 20.8. The molecule has 31 heavy (non-hydrogen) atoms. The number of hydrogen-bond donors (Lipinski definition) is 4. The van der Waals surface area contributed by atoms with E-state index < -0.39 is 11.6 Å². The van der Waals surface area contributed by atoms with Crippen molar-refractivity contribution in [2.75, 3.05) is 31.2 Å². The minimum atomic E-state index is -0.855. The summed E-state index contributed by atoms with van der Waals surface area (Å²) in [6, 6.07) is 7.04. The normalized spacial score (nSPS) is 22.1. The van der Waals surface area contributed by atoms with Gasteiger partial charge in [-0.05, 0) is 50.9 Å². The molecule has 2 fully saturated rings. The van der Waals surface area contributed by atoms with Gasteiger partial charge in [-0.3, -0.25) is 15.0 Å². The molecule has 5 N–H and O–H groups in total. The Hall–Kier alpha value is -3.47. The Kier molecular flexibility index (Phi) is 5.59. The van der Waals surface area contributed by atoms with Gasteiger partial charge in [0.25, 0.3) is 5.91 Å². The Morgan fingerprint density at radius 1 is 1.23 bits per heavy atom. The lowest BCUT2D eigenvalue weighted by molar-refractivity contribution is -0.125. The second-order valence-electron chi connectivity index (χ2n) is 7.92. The van der Waals surface area contributed by atoms with Crippen LogP contribution in [0, 0.1) is 5.92 Å². The number of nitrogen functional groups attached to an aromatic ring is 1. The molecule has 2 aromatic rings. The van der Waals surface area contributed by atoms with Crippen LogP contribution in [0.2, 0.25) is 0 Å². The number of carbonyl (C=O) groups is 2. The molecule has 0 spiro atoms. The number of urea groups is 1. The van der Waals surface area contributed by atoms with Crippen LogP contribution >= 0.6 is 0 Å². The number of rotatable bonds is 6. The number of piperidine rings is 1. The molecular weight excluding hydrogens is 400 g/mol. The van der Waals surface area contributed by atoms with E-state index in [9.17, 15) is 9.59 Å². The van der Waals surface area contributed by atoms with Crippen molar-refractivity contribution < 1.29 is 14.3 Å². The highest BCUT2D eigenvalue weighted by atomic mass is 16.5. The molecular formula is C20H26N8O3. The van der Waals surface area contributed by atoms with Crippen molar-refractivity contribution >= 4 is 29.5 Å². The van der Waals surface area contributed by atoms with Crippen LogP contribution in [0.15, 0.2) is 24.3 Å². The fourth-order valence-corrected chi connectivity index (χ4v) is 4.15. The van der Waals surface area contributed by atoms with Crippen molar-refractivity contribution in [3.05, 3.63) is 30.1 Å². The molecule has 0 bridgehead atoms. The second kappa shape index (κ2) is 8.34. The van der Waals surface area contributed by atoms with Crippen molar-refractivity contribution in [3.8, 4) is 5.75 Å². The van der Waals surface area contributed by atoms with Gasteiger partial charge in [0, 0.05) is 0 Å². The lowest BCUT2D eigenvalue weighted by atomic mass is 9.79. The molecule has 11 nitrogen and oxygen atoms in total. The number of para-hydroxylation sites is 2. The van der Waals surface area contributed by atoms with Gasteiger partial charge in [0.05, 0.1) is 19.3 Å². The van der Waals surface area contributed by atoms with Crippen molar-refractivity contribution in [2.24, 2.45) is 5.92 Å². The maximum Gasteiger partial charge on any atom is 0.322 e. The quantitative estimate of drug-likeness (QED) is 0.497. The summed E-state index contributed by atoms with van der Waals surface area (Å²) in [5, 5.41) is 8.24. The fraction of sp³-hybridized carbons (Fsp3) is 0.450. The maximum atomic E-state index is 12.2. The van der Waals surface area contributed by atoms with E-state index >= 15 is 0 Å². The number of aromatic nitrogens is 3. The number of nitrogens with one attached hydrogen (secondary N) is 3. The molecule has 164 valence electrons. The Balaban J connectivity index is 1.40. The van der Waals surface area contributed by atoms with E-state index in [1.54, 1.807) is 14.0 Å². The SMILES string of the molecule is COc1ccccc1Nc1nc(N)nc(CN2CCC([C@]3(C)NC(=O)NC3=O)CC2)n1. The molecule has 0 aliphatic carbocycles. The summed E-state index contributed by atoms with van der Waals surface area (Å²) in [7, 11) is 1.60. The summed E-state index contributed by atoms with van der Waals surface area (Å²) in [4.78, 5) is 38.9. The first-order valence-corrected chi connectivity index (χ1v) is 10.1. The molecule has 11 heteroatoms. The van der Waals surface area contributed by atoms with E-state index in [2.05, 4.69) is 35.8 Å². The van der Waals surface area contributed by atoms with Crippen LogP contribution in [0.4, 0.5) is 22.4 Å². The number of carbonyl (C=O) groups excluding carboxylic acids is 2. The molecule has 1 atom stereocenters. The third-order valence-electron chi connectivity index (χ3n) is 5.89. The van der Waals surface area contributed by atoms with E-state index in [1.807, 2.05) is 24.3 Å². The first-order valence-electron chi connectivity index (χ1n) is 10.1. The van der Waals surface area contributed by atoms with Crippen molar-refractivity contribution in [2.45, 2.75) is 31.8 Å². The van der Waals surface area contributed by atoms with Crippen LogP contribution in [0.1, 0.15) is 25.6 Å². The number of likely N-dealkylation sites (tertiary alicyclic amines) is 1. The molecule has 4 rings (SSSR count). The number of amides is 3. The number of ether oxygens (including phenoxy) is 1.